The molecule has 2 heterocycles. The van der Waals surface area contributed by atoms with Gasteiger partial charge >= 0.3 is 5.97 Å². The molecule has 1 aliphatic rings. The Balaban J connectivity index is 1.76. The molecule has 1 aromatic carbocycles. The SMILES string of the molecule is O=C(O)CC1=CC(Nc2ncnc3cc(OCCCCl)ccc23)=NC1. The van der Waals surface area contributed by atoms with Crippen molar-refractivity contribution in [3.05, 3.63) is 36.2 Å². The largest absolute Gasteiger partial charge is 0.493 e. The third-order valence-corrected chi connectivity index (χ3v) is 3.84. The van der Waals surface area contributed by atoms with E-state index in [2.05, 4.69) is 20.3 Å². The first kappa shape index (κ1) is 17.2. The Labute approximate surface area is 149 Å². The van der Waals surface area contributed by atoms with Crippen LogP contribution >= 0.6 is 11.6 Å². The first-order chi connectivity index (χ1) is 12.2. The normalized spacial score (nSPS) is 13.5. The molecule has 7 nitrogen and oxygen atoms in total. The van der Waals surface area contributed by atoms with E-state index in [1.165, 1.54) is 6.33 Å². The lowest BCUT2D eigenvalue weighted by molar-refractivity contribution is -0.136. The molecule has 130 valence electrons. The number of hydrogen-bond donors (Lipinski definition) is 2. The molecule has 0 fully saturated rings. The number of carboxylic acids is 1. The van der Waals surface area contributed by atoms with Gasteiger partial charge in [0.25, 0.3) is 0 Å². The highest BCUT2D eigenvalue weighted by Gasteiger charge is 2.13. The molecule has 0 saturated carbocycles. The quantitative estimate of drug-likeness (QED) is 0.582. The number of rotatable bonds is 7. The molecule has 0 bridgehead atoms. The Bertz CT molecular complexity index is 851. The smallest absolute Gasteiger partial charge is 0.307 e. The van der Waals surface area contributed by atoms with Crippen molar-refractivity contribution < 1.29 is 14.6 Å². The second-order valence-electron chi connectivity index (χ2n) is 5.49. The van der Waals surface area contributed by atoms with Gasteiger partial charge in [-0.1, -0.05) is 0 Å². The van der Waals surface area contributed by atoms with Crippen molar-refractivity contribution in [2.45, 2.75) is 12.8 Å². The number of aliphatic carboxylic acids is 1. The van der Waals surface area contributed by atoms with Gasteiger partial charge in [0.2, 0.25) is 0 Å². The second-order valence-corrected chi connectivity index (χ2v) is 5.87. The van der Waals surface area contributed by atoms with Gasteiger partial charge in [0.15, 0.2) is 0 Å². The molecule has 0 saturated heterocycles. The number of aromatic nitrogens is 2. The van der Waals surface area contributed by atoms with Crippen LogP contribution in [-0.2, 0) is 4.79 Å². The van der Waals surface area contributed by atoms with Gasteiger partial charge in [-0.15, -0.1) is 11.6 Å². The standard InChI is InChI=1S/C17H17ClN4O3/c18-4-1-5-25-12-2-3-13-14(8-12)20-10-21-17(13)22-15-6-11(9-19-15)7-16(23)24/h2-3,6,8,10H,1,4-5,7,9H2,(H,23,24)(H,19,20,21,22). The fourth-order valence-electron chi connectivity index (χ4n) is 2.44. The van der Waals surface area contributed by atoms with Crippen LogP contribution in [0.5, 0.6) is 5.75 Å². The zero-order valence-electron chi connectivity index (χ0n) is 13.4. The van der Waals surface area contributed by atoms with E-state index in [1.807, 2.05) is 18.2 Å². The van der Waals surface area contributed by atoms with E-state index in [0.717, 1.165) is 28.6 Å². The zero-order chi connectivity index (χ0) is 17.6. The molecule has 0 aliphatic carbocycles. The molecule has 0 amide bonds. The molecule has 0 radical (unpaired) electrons. The van der Waals surface area contributed by atoms with Crippen molar-refractivity contribution in [3.8, 4) is 5.75 Å². The van der Waals surface area contributed by atoms with Crippen LogP contribution in [0.3, 0.4) is 0 Å². The number of fused-ring (bicyclic) bond motifs is 1. The number of carbonyl (C=O) groups is 1. The molecule has 3 rings (SSSR count). The Morgan fingerprint density at radius 2 is 2.24 bits per heavy atom. The van der Waals surface area contributed by atoms with Gasteiger partial charge in [0.05, 0.1) is 25.1 Å². The molecular formula is C17H17ClN4O3. The van der Waals surface area contributed by atoms with Crippen LogP contribution < -0.4 is 10.1 Å². The van der Waals surface area contributed by atoms with E-state index >= 15 is 0 Å². The highest BCUT2D eigenvalue weighted by atomic mass is 35.5. The van der Waals surface area contributed by atoms with Crippen molar-refractivity contribution in [3.63, 3.8) is 0 Å². The molecule has 8 heteroatoms. The number of amidine groups is 1. The maximum Gasteiger partial charge on any atom is 0.307 e. The van der Waals surface area contributed by atoms with Gasteiger partial charge in [-0.25, -0.2) is 9.97 Å². The van der Waals surface area contributed by atoms with Gasteiger partial charge in [-0.3, -0.25) is 9.79 Å². The molecule has 1 aliphatic heterocycles. The predicted molar refractivity (Wildman–Crippen MR) is 96.6 cm³/mol. The average molecular weight is 361 g/mol. The lowest BCUT2D eigenvalue weighted by Gasteiger charge is -2.09. The van der Waals surface area contributed by atoms with Crippen molar-refractivity contribution in [2.24, 2.45) is 4.99 Å². The first-order valence-electron chi connectivity index (χ1n) is 7.82. The second kappa shape index (κ2) is 7.94. The van der Waals surface area contributed by atoms with Crippen LogP contribution in [0.2, 0.25) is 0 Å². The fraction of sp³-hybridized carbons (Fsp3) is 0.294. The summed E-state index contributed by atoms with van der Waals surface area (Å²) in [5, 5.41) is 12.8. The first-order valence-corrected chi connectivity index (χ1v) is 8.35. The lowest BCUT2D eigenvalue weighted by atomic mass is 10.2. The fourth-order valence-corrected chi connectivity index (χ4v) is 2.55. The highest BCUT2D eigenvalue weighted by molar-refractivity contribution is 6.17. The van der Waals surface area contributed by atoms with Crippen LogP contribution in [0.1, 0.15) is 12.8 Å². The number of halogens is 1. The van der Waals surface area contributed by atoms with Gasteiger partial charge in [0, 0.05) is 17.3 Å². The number of benzene rings is 1. The topological polar surface area (TPSA) is 96.7 Å². The number of aliphatic imine (C=N–C) groups is 1. The predicted octanol–water partition coefficient (Wildman–Crippen LogP) is 2.86. The molecule has 2 aromatic rings. The third kappa shape index (κ3) is 4.45. The van der Waals surface area contributed by atoms with Crippen LogP contribution in [-0.4, -0.2) is 45.9 Å². The van der Waals surface area contributed by atoms with Crippen molar-refractivity contribution in [2.75, 3.05) is 24.3 Å². The van der Waals surface area contributed by atoms with Gasteiger partial charge < -0.3 is 15.2 Å². The van der Waals surface area contributed by atoms with E-state index in [-0.39, 0.29) is 6.42 Å². The lowest BCUT2D eigenvalue weighted by Crippen LogP contribution is -2.09. The van der Waals surface area contributed by atoms with Crippen LogP contribution in [0, 0.1) is 0 Å². The molecule has 25 heavy (non-hydrogen) atoms. The Kier molecular flexibility index (Phi) is 5.45. The van der Waals surface area contributed by atoms with Crippen molar-refractivity contribution in [1.82, 2.24) is 9.97 Å². The summed E-state index contributed by atoms with van der Waals surface area (Å²) in [6.45, 7) is 0.940. The monoisotopic (exact) mass is 360 g/mol. The molecule has 1 aromatic heterocycles. The number of anilines is 1. The summed E-state index contributed by atoms with van der Waals surface area (Å²) in [6.07, 6.45) is 3.97. The van der Waals surface area contributed by atoms with E-state index in [4.69, 9.17) is 21.4 Å². The van der Waals surface area contributed by atoms with E-state index < -0.39 is 5.97 Å². The summed E-state index contributed by atoms with van der Waals surface area (Å²) in [7, 11) is 0. The minimum Gasteiger partial charge on any atom is -0.493 e. The minimum atomic E-state index is -0.864. The molecule has 0 spiro atoms. The number of ether oxygens (including phenoxy) is 1. The molecule has 2 N–H and O–H groups in total. The summed E-state index contributed by atoms with van der Waals surface area (Å²) >= 11 is 5.65. The number of hydrogen-bond acceptors (Lipinski definition) is 6. The summed E-state index contributed by atoms with van der Waals surface area (Å²) in [5.41, 5.74) is 1.50. The Morgan fingerprint density at radius 3 is 3.04 bits per heavy atom. The summed E-state index contributed by atoms with van der Waals surface area (Å²) in [4.78, 5) is 23.6. The average Bonchev–Trinajstić information content (AvgIpc) is 3.01. The van der Waals surface area contributed by atoms with Crippen LogP contribution in [0.15, 0.2) is 41.2 Å². The zero-order valence-corrected chi connectivity index (χ0v) is 14.2. The Hall–Kier alpha value is -2.67. The third-order valence-electron chi connectivity index (χ3n) is 3.57. The van der Waals surface area contributed by atoms with Gasteiger partial charge in [-0.2, -0.15) is 0 Å². The molecule has 0 unspecified atom stereocenters. The van der Waals surface area contributed by atoms with Crippen LogP contribution in [0.25, 0.3) is 10.9 Å². The van der Waals surface area contributed by atoms with Gasteiger partial charge in [0.1, 0.15) is 23.7 Å². The van der Waals surface area contributed by atoms with E-state index in [9.17, 15) is 4.79 Å². The molecule has 0 atom stereocenters. The number of carboxylic acid groups (broad SMARTS) is 1. The van der Waals surface area contributed by atoms with Crippen molar-refractivity contribution in [1.29, 1.82) is 0 Å². The summed E-state index contributed by atoms with van der Waals surface area (Å²) in [5.74, 6) is 1.63. The number of alkyl halides is 1. The van der Waals surface area contributed by atoms with Crippen molar-refractivity contribution >= 4 is 40.1 Å². The highest BCUT2D eigenvalue weighted by Crippen LogP contribution is 2.24. The maximum atomic E-state index is 10.8. The number of nitrogens with one attached hydrogen (secondary N) is 1. The summed E-state index contributed by atoms with van der Waals surface area (Å²) < 4.78 is 5.62. The number of nitrogens with zero attached hydrogens (tertiary/aromatic N) is 3. The summed E-state index contributed by atoms with van der Waals surface area (Å²) in [6, 6.07) is 5.58. The maximum absolute atomic E-state index is 10.8. The minimum absolute atomic E-state index is 0.0117. The molecular weight excluding hydrogens is 344 g/mol. The van der Waals surface area contributed by atoms with Gasteiger partial charge in [-0.05, 0) is 30.2 Å². The van der Waals surface area contributed by atoms with E-state index in [1.54, 1.807) is 6.08 Å². The van der Waals surface area contributed by atoms with Crippen LogP contribution in [0.4, 0.5) is 5.82 Å². The Morgan fingerprint density at radius 1 is 1.36 bits per heavy atom. The van der Waals surface area contributed by atoms with E-state index in [0.29, 0.717) is 30.7 Å².